The van der Waals surface area contributed by atoms with Crippen LogP contribution in [-0.2, 0) is 11.2 Å². The van der Waals surface area contributed by atoms with Gasteiger partial charge in [0.1, 0.15) is 0 Å². The van der Waals surface area contributed by atoms with E-state index in [-0.39, 0.29) is 0 Å². The summed E-state index contributed by atoms with van der Waals surface area (Å²) in [7, 11) is 0. The lowest BCUT2D eigenvalue weighted by Crippen LogP contribution is -1.97. The van der Waals surface area contributed by atoms with Gasteiger partial charge in [0.05, 0.1) is 4.34 Å². The fourth-order valence-electron chi connectivity index (χ4n) is 2.10. The number of thiophene rings is 1. The molecule has 0 saturated heterocycles. The summed E-state index contributed by atoms with van der Waals surface area (Å²) >= 11 is 7.54. The summed E-state index contributed by atoms with van der Waals surface area (Å²) in [5, 5.41) is 2.17. The highest BCUT2D eigenvalue weighted by Gasteiger charge is 1.97. The highest BCUT2D eigenvalue weighted by Crippen LogP contribution is 2.21. The molecule has 0 fully saturated rings. The third kappa shape index (κ3) is 9.48. The largest absolute Gasteiger partial charge is 0.381 e. The Kier molecular flexibility index (Phi) is 10.5. The Morgan fingerprint density at radius 1 is 1.00 bits per heavy atom. The van der Waals surface area contributed by atoms with Gasteiger partial charge in [-0.15, -0.1) is 11.3 Å². The SMILES string of the molecule is CCCCCCOCCCCCCc1csc(Cl)c1. The molecule has 0 N–H and O–H groups in total. The molecule has 0 unspecified atom stereocenters. The minimum Gasteiger partial charge on any atom is -0.381 e. The van der Waals surface area contributed by atoms with E-state index in [1.807, 2.05) is 0 Å². The van der Waals surface area contributed by atoms with Gasteiger partial charge in [0.25, 0.3) is 0 Å². The minimum absolute atomic E-state index is 0.909. The van der Waals surface area contributed by atoms with Crippen molar-refractivity contribution in [2.75, 3.05) is 13.2 Å². The molecule has 1 rings (SSSR count). The average Bonchev–Trinajstić information content (AvgIpc) is 2.82. The topological polar surface area (TPSA) is 9.23 Å². The Balaban J connectivity index is 1.79. The van der Waals surface area contributed by atoms with Crippen LogP contribution in [0, 0.1) is 0 Å². The number of hydrogen-bond acceptors (Lipinski definition) is 2. The van der Waals surface area contributed by atoms with Gasteiger partial charge >= 0.3 is 0 Å². The Hall–Kier alpha value is -0.0500. The van der Waals surface area contributed by atoms with Crippen LogP contribution in [0.1, 0.15) is 63.9 Å². The number of hydrogen-bond donors (Lipinski definition) is 0. The van der Waals surface area contributed by atoms with Crippen molar-refractivity contribution in [1.29, 1.82) is 0 Å². The number of rotatable bonds is 12. The highest BCUT2D eigenvalue weighted by molar-refractivity contribution is 7.14. The first-order valence-corrected chi connectivity index (χ1v) is 8.89. The van der Waals surface area contributed by atoms with Gasteiger partial charge in [0, 0.05) is 13.2 Å². The fourth-order valence-corrected chi connectivity index (χ4v) is 3.04. The van der Waals surface area contributed by atoms with Crippen LogP contribution in [0.4, 0.5) is 0 Å². The van der Waals surface area contributed by atoms with Crippen LogP contribution in [0.2, 0.25) is 4.34 Å². The second-order valence-corrected chi connectivity index (χ2v) is 6.64. The molecule has 1 heterocycles. The van der Waals surface area contributed by atoms with Gasteiger partial charge in [0.2, 0.25) is 0 Å². The maximum atomic E-state index is 5.91. The van der Waals surface area contributed by atoms with Crippen molar-refractivity contribution in [1.82, 2.24) is 0 Å². The first-order chi connectivity index (χ1) is 9.33. The lowest BCUT2D eigenvalue weighted by atomic mass is 10.1. The van der Waals surface area contributed by atoms with E-state index in [0.717, 1.165) is 17.6 Å². The molecule has 3 heteroatoms. The van der Waals surface area contributed by atoms with E-state index in [4.69, 9.17) is 16.3 Å². The van der Waals surface area contributed by atoms with E-state index in [9.17, 15) is 0 Å². The van der Waals surface area contributed by atoms with Crippen LogP contribution in [0.25, 0.3) is 0 Å². The summed E-state index contributed by atoms with van der Waals surface area (Å²) in [6, 6.07) is 2.09. The van der Waals surface area contributed by atoms with Crippen molar-refractivity contribution >= 4 is 22.9 Å². The molecule has 0 aliphatic carbocycles. The molecular weight excluding hydrogens is 276 g/mol. The molecule has 1 nitrogen and oxygen atoms in total. The molecule has 1 aromatic heterocycles. The maximum Gasteiger partial charge on any atom is 0.0931 e. The van der Waals surface area contributed by atoms with Gasteiger partial charge in [-0.1, -0.05) is 50.6 Å². The zero-order chi connectivity index (χ0) is 13.8. The Labute approximate surface area is 127 Å². The second kappa shape index (κ2) is 11.7. The highest BCUT2D eigenvalue weighted by atomic mass is 35.5. The van der Waals surface area contributed by atoms with Crippen molar-refractivity contribution in [3.63, 3.8) is 0 Å². The minimum atomic E-state index is 0.909. The van der Waals surface area contributed by atoms with Gasteiger partial charge in [-0.2, -0.15) is 0 Å². The lowest BCUT2D eigenvalue weighted by Gasteiger charge is -2.04. The van der Waals surface area contributed by atoms with Gasteiger partial charge in [-0.05, 0) is 42.7 Å². The molecule has 0 saturated carbocycles. The van der Waals surface area contributed by atoms with E-state index in [0.29, 0.717) is 0 Å². The molecule has 0 amide bonds. The molecule has 0 aliphatic heterocycles. The summed E-state index contributed by atoms with van der Waals surface area (Å²) < 4.78 is 6.54. The Morgan fingerprint density at radius 2 is 1.68 bits per heavy atom. The zero-order valence-corrected chi connectivity index (χ0v) is 13.7. The zero-order valence-electron chi connectivity index (χ0n) is 12.1. The average molecular weight is 303 g/mol. The van der Waals surface area contributed by atoms with Crippen molar-refractivity contribution in [2.45, 2.75) is 64.7 Å². The summed E-state index contributed by atoms with van der Waals surface area (Å²) in [4.78, 5) is 0. The standard InChI is InChI=1S/C16H27ClOS/c1-2-3-4-8-11-18-12-9-6-5-7-10-15-13-16(17)19-14-15/h13-14H,2-12H2,1H3. The van der Waals surface area contributed by atoms with Crippen molar-refractivity contribution in [2.24, 2.45) is 0 Å². The molecule has 0 aromatic carbocycles. The quantitative estimate of drug-likeness (QED) is 0.424. The van der Waals surface area contributed by atoms with Crippen LogP contribution >= 0.6 is 22.9 Å². The van der Waals surface area contributed by atoms with Crippen molar-refractivity contribution in [3.05, 3.63) is 21.3 Å². The predicted octanol–water partition coefficient (Wildman–Crippen LogP) is 6.10. The smallest absolute Gasteiger partial charge is 0.0931 e. The first kappa shape index (κ1) is 17.0. The maximum absolute atomic E-state index is 5.91. The lowest BCUT2D eigenvalue weighted by molar-refractivity contribution is 0.126. The second-order valence-electron chi connectivity index (χ2n) is 5.10. The van der Waals surface area contributed by atoms with E-state index < -0.39 is 0 Å². The number of halogens is 1. The van der Waals surface area contributed by atoms with Crippen LogP contribution < -0.4 is 0 Å². The first-order valence-electron chi connectivity index (χ1n) is 7.63. The third-order valence-electron chi connectivity index (χ3n) is 3.27. The molecule has 0 aliphatic rings. The molecular formula is C16H27ClOS. The third-order valence-corrected chi connectivity index (χ3v) is 4.41. The monoisotopic (exact) mass is 302 g/mol. The molecule has 0 radical (unpaired) electrons. The van der Waals surface area contributed by atoms with Crippen molar-refractivity contribution < 1.29 is 4.74 Å². The van der Waals surface area contributed by atoms with Crippen LogP contribution in [0.3, 0.4) is 0 Å². The molecule has 0 atom stereocenters. The van der Waals surface area contributed by atoms with Crippen LogP contribution in [-0.4, -0.2) is 13.2 Å². The molecule has 110 valence electrons. The predicted molar refractivity (Wildman–Crippen MR) is 86.5 cm³/mol. The summed E-state index contributed by atoms with van der Waals surface area (Å²) in [6.07, 6.45) is 11.4. The van der Waals surface area contributed by atoms with Gasteiger partial charge < -0.3 is 4.74 Å². The van der Waals surface area contributed by atoms with Gasteiger partial charge in [0.15, 0.2) is 0 Å². The summed E-state index contributed by atoms with van der Waals surface area (Å²) in [6.45, 7) is 4.13. The molecule has 19 heavy (non-hydrogen) atoms. The number of aryl methyl sites for hydroxylation is 1. The van der Waals surface area contributed by atoms with Crippen LogP contribution in [0.15, 0.2) is 11.4 Å². The Morgan fingerprint density at radius 3 is 2.32 bits per heavy atom. The molecule has 0 bridgehead atoms. The van der Waals surface area contributed by atoms with E-state index in [1.165, 1.54) is 63.4 Å². The fraction of sp³-hybridized carbons (Fsp3) is 0.750. The molecule has 0 spiro atoms. The van der Waals surface area contributed by atoms with Crippen LogP contribution in [0.5, 0.6) is 0 Å². The van der Waals surface area contributed by atoms with E-state index in [1.54, 1.807) is 11.3 Å². The van der Waals surface area contributed by atoms with Crippen molar-refractivity contribution in [3.8, 4) is 0 Å². The molecule has 1 aromatic rings. The summed E-state index contributed by atoms with van der Waals surface area (Å²) in [5.41, 5.74) is 1.39. The van der Waals surface area contributed by atoms with E-state index >= 15 is 0 Å². The van der Waals surface area contributed by atoms with Gasteiger partial charge in [-0.25, -0.2) is 0 Å². The summed E-state index contributed by atoms with van der Waals surface area (Å²) in [5.74, 6) is 0. The Bertz CT molecular complexity index is 311. The number of ether oxygens (including phenoxy) is 1. The van der Waals surface area contributed by atoms with Gasteiger partial charge in [-0.3, -0.25) is 0 Å². The van der Waals surface area contributed by atoms with E-state index in [2.05, 4.69) is 18.4 Å². The number of unbranched alkanes of at least 4 members (excludes halogenated alkanes) is 6. The normalized spacial score (nSPS) is 11.1.